The van der Waals surface area contributed by atoms with Crippen LogP contribution in [0.15, 0.2) is 18.2 Å². The molecule has 0 spiro atoms. The number of hydrogen-bond acceptors (Lipinski definition) is 5. The molecule has 1 unspecified atom stereocenters. The van der Waals surface area contributed by atoms with Gasteiger partial charge in [-0.3, -0.25) is 0 Å². The maximum atomic E-state index is 9.44. The van der Waals surface area contributed by atoms with Gasteiger partial charge in [0.2, 0.25) is 6.79 Å². The first kappa shape index (κ1) is 11.0. The van der Waals surface area contributed by atoms with Crippen LogP contribution in [0.4, 0.5) is 0 Å². The van der Waals surface area contributed by atoms with Gasteiger partial charge >= 0.3 is 0 Å². The lowest BCUT2D eigenvalue weighted by Crippen LogP contribution is -2.21. The Hall–Kier alpha value is -1.46. The molecule has 2 rings (SSSR count). The minimum atomic E-state index is -0.532. The zero-order valence-corrected chi connectivity index (χ0v) is 8.89. The van der Waals surface area contributed by atoms with Crippen LogP contribution in [0.1, 0.15) is 6.42 Å². The van der Waals surface area contributed by atoms with E-state index in [0.717, 1.165) is 5.75 Å². The number of aliphatic hydroxyl groups excluding tert-OH is 1. The molecular weight excluding hydrogens is 210 g/mol. The molecule has 1 aromatic rings. The highest BCUT2D eigenvalue weighted by molar-refractivity contribution is 5.46. The van der Waals surface area contributed by atoms with Crippen molar-refractivity contribution in [3.8, 4) is 17.2 Å². The first-order chi connectivity index (χ1) is 7.79. The summed E-state index contributed by atoms with van der Waals surface area (Å²) in [6, 6.07) is 5.31. The third kappa shape index (κ3) is 2.56. The van der Waals surface area contributed by atoms with Crippen molar-refractivity contribution in [1.29, 1.82) is 0 Å². The quantitative estimate of drug-likeness (QED) is 0.763. The van der Waals surface area contributed by atoms with Gasteiger partial charge < -0.3 is 25.1 Å². The van der Waals surface area contributed by atoms with E-state index in [-0.39, 0.29) is 13.4 Å². The summed E-state index contributed by atoms with van der Waals surface area (Å²) in [6.07, 6.45) is 0.000278. The number of ether oxygens (including phenoxy) is 3. The van der Waals surface area contributed by atoms with E-state index in [9.17, 15) is 5.11 Å². The summed E-state index contributed by atoms with van der Waals surface area (Å²) >= 11 is 0. The lowest BCUT2D eigenvalue weighted by Gasteiger charge is -2.11. The van der Waals surface area contributed by atoms with Crippen molar-refractivity contribution in [3.63, 3.8) is 0 Å². The minimum Gasteiger partial charge on any atom is -0.491 e. The zero-order chi connectivity index (χ0) is 11.4. The molecule has 1 heterocycles. The molecule has 0 amide bonds. The van der Waals surface area contributed by atoms with Crippen LogP contribution in [0.2, 0.25) is 0 Å². The predicted molar refractivity (Wildman–Crippen MR) is 57.7 cm³/mol. The van der Waals surface area contributed by atoms with E-state index in [1.165, 1.54) is 0 Å². The van der Waals surface area contributed by atoms with E-state index < -0.39 is 6.10 Å². The highest BCUT2D eigenvalue weighted by Gasteiger charge is 2.14. The fraction of sp³-hybridized carbons (Fsp3) is 0.455. The Morgan fingerprint density at radius 1 is 1.38 bits per heavy atom. The third-order valence-electron chi connectivity index (χ3n) is 2.29. The Balaban J connectivity index is 1.90. The van der Waals surface area contributed by atoms with Gasteiger partial charge in [-0.15, -0.1) is 0 Å². The van der Waals surface area contributed by atoms with Crippen LogP contribution in [0.3, 0.4) is 0 Å². The Morgan fingerprint density at radius 3 is 3.00 bits per heavy atom. The molecule has 3 N–H and O–H groups in total. The Morgan fingerprint density at radius 2 is 2.19 bits per heavy atom. The molecule has 1 aromatic carbocycles. The topological polar surface area (TPSA) is 73.9 Å². The molecule has 16 heavy (non-hydrogen) atoms. The number of fused-ring (bicyclic) bond motifs is 1. The second kappa shape index (κ2) is 5.05. The smallest absolute Gasteiger partial charge is 0.231 e. The van der Waals surface area contributed by atoms with Crippen molar-refractivity contribution >= 4 is 0 Å². The normalized spacial score (nSPS) is 14.9. The molecular formula is C11H15NO4. The minimum absolute atomic E-state index is 0.233. The third-order valence-corrected chi connectivity index (χ3v) is 2.29. The second-order valence-corrected chi connectivity index (χ2v) is 3.56. The number of nitrogens with two attached hydrogens (primary N) is 1. The zero-order valence-electron chi connectivity index (χ0n) is 8.89. The van der Waals surface area contributed by atoms with Crippen molar-refractivity contribution in [3.05, 3.63) is 18.2 Å². The molecule has 0 aromatic heterocycles. The summed E-state index contributed by atoms with van der Waals surface area (Å²) in [4.78, 5) is 0. The second-order valence-electron chi connectivity index (χ2n) is 3.56. The van der Waals surface area contributed by atoms with Gasteiger partial charge in [0.15, 0.2) is 11.5 Å². The average Bonchev–Trinajstić information content (AvgIpc) is 2.74. The molecule has 1 aliphatic rings. The maximum Gasteiger partial charge on any atom is 0.231 e. The lowest BCUT2D eigenvalue weighted by atomic mass is 10.2. The molecule has 1 aliphatic heterocycles. The molecule has 0 aliphatic carbocycles. The highest BCUT2D eigenvalue weighted by Crippen LogP contribution is 2.35. The van der Waals surface area contributed by atoms with Gasteiger partial charge in [0, 0.05) is 6.07 Å². The van der Waals surface area contributed by atoms with E-state index >= 15 is 0 Å². The molecule has 88 valence electrons. The van der Waals surface area contributed by atoms with Crippen LogP contribution in [0, 0.1) is 0 Å². The molecule has 0 bridgehead atoms. The van der Waals surface area contributed by atoms with Crippen LogP contribution < -0.4 is 19.9 Å². The Bertz CT molecular complexity index is 356. The fourth-order valence-electron chi connectivity index (χ4n) is 1.43. The van der Waals surface area contributed by atoms with Gasteiger partial charge in [0.25, 0.3) is 0 Å². The largest absolute Gasteiger partial charge is 0.491 e. The Labute approximate surface area is 93.7 Å². The monoisotopic (exact) mass is 225 g/mol. The summed E-state index contributed by atoms with van der Waals surface area (Å²) < 4.78 is 15.8. The molecule has 0 saturated heterocycles. The van der Waals surface area contributed by atoms with Crippen molar-refractivity contribution in [2.24, 2.45) is 5.73 Å². The van der Waals surface area contributed by atoms with Crippen molar-refractivity contribution in [2.45, 2.75) is 12.5 Å². The van der Waals surface area contributed by atoms with E-state index in [1.54, 1.807) is 18.2 Å². The van der Waals surface area contributed by atoms with E-state index in [2.05, 4.69) is 0 Å². The van der Waals surface area contributed by atoms with Gasteiger partial charge in [0.1, 0.15) is 12.4 Å². The van der Waals surface area contributed by atoms with Gasteiger partial charge in [-0.2, -0.15) is 0 Å². The maximum absolute atomic E-state index is 9.44. The van der Waals surface area contributed by atoms with Gasteiger partial charge in [-0.1, -0.05) is 0 Å². The highest BCUT2D eigenvalue weighted by atomic mass is 16.7. The van der Waals surface area contributed by atoms with Crippen LogP contribution in [-0.4, -0.2) is 31.2 Å². The molecule has 0 fully saturated rings. The van der Waals surface area contributed by atoms with Crippen LogP contribution in [0.25, 0.3) is 0 Å². The van der Waals surface area contributed by atoms with Gasteiger partial charge in [-0.25, -0.2) is 0 Å². The molecule has 1 atom stereocenters. The summed E-state index contributed by atoms with van der Waals surface area (Å²) in [6.45, 7) is 0.928. The van der Waals surface area contributed by atoms with Gasteiger partial charge in [-0.05, 0) is 25.1 Å². The molecule has 0 radical (unpaired) electrons. The van der Waals surface area contributed by atoms with Crippen LogP contribution >= 0.6 is 0 Å². The van der Waals surface area contributed by atoms with Crippen LogP contribution in [0.5, 0.6) is 17.2 Å². The number of rotatable bonds is 5. The van der Waals surface area contributed by atoms with E-state index in [0.29, 0.717) is 24.5 Å². The van der Waals surface area contributed by atoms with Crippen molar-refractivity contribution in [1.82, 2.24) is 0 Å². The lowest BCUT2D eigenvalue weighted by molar-refractivity contribution is 0.102. The fourth-order valence-corrected chi connectivity index (χ4v) is 1.43. The first-order valence-electron chi connectivity index (χ1n) is 5.20. The average molecular weight is 225 g/mol. The van der Waals surface area contributed by atoms with Gasteiger partial charge in [0.05, 0.1) is 6.10 Å². The summed E-state index contributed by atoms with van der Waals surface area (Å²) in [5, 5.41) is 9.44. The Kier molecular flexibility index (Phi) is 3.48. The van der Waals surface area contributed by atoms with E-state index in [1.807, 2.05) is 0 Å². The van der Waals surface area contributed by atoms with Crippen molar-refractivity contribution < 1.29 is 19.3 Å². The standard InChI is InChI=1S/C11H15NO4/c12-4-3-8(13)6-14-9-1-2-10-11(5-9)16-7-15-10/h1-2,5,8,13H,3-4,6-7,12H2. The van der Waals surface area contributed by atoms with Crippen molar-refractivity contribution in [2.75, 3.05) is 19.9 Å². The molecule has 0 saturated carbocycles. The number of benzene rings is 1. The molecule has 5 heteroatoms. The molecule has 5 nitrogen and oxygen atoms in total. The number of hydrogen-bond donors (Lipinski definition) is 2. The van der Waals surface area contributed by atoms with Crippen LogP contribution in [-0.2, 0) is 0 Å². The summed E-state index contributed by atoms with van der Waals surface area (Å²) in [5.74, 6) is 2.04. The SMILES string of the molecule is NCCC(O)COc1ccc2c(c1)OCO2. The summed E-state index contributed by atoms with van der Waals surface area (Å²) in [7, 11) is 0. The first-order valence-corrected chi connectivity index (χ1v) is 5.20. The number of aliphatic hydroxyl groups is 1. The summed E-state index contributed by atoms with van der Waals surface area (Å²) in [5.41, 5.74) is 5.32. The van der Waals surface area contributed by atoms with E-state index in [4.69, 9.17) is 19.9 Å². The predicted octanol–water partition coefficient (Wildman–Crippen LogP) is 0.504.